The maximum absolute atomic E-state index is 11.8. The van der Waals surface area contributed by atoms with E-state index in [2.05, 4.69) is 20.7 Å². The minimum Gasteiger partial charge on any atom is -0.484 e. The molecule has 0 radical (unpaired) electrons. The van der Waals surface area contributed by atoms with Gasteiger partial charge in [-0.25, -0.2) is 5.43 Å². The van der Waals surface area contributed by atoms with Crippen molar-refractivity contribution in [2.24, 2.45) is 5.10 Å². The predicted octanol–water partition coefficient (Wildman–Crippen LogP) is 4.57. The van der Waals surface area contributed by atoms with Crippen LogP contribution in [0.3, 0.4) is 0 Å². The third-order valence-electron chi connectivity index (χ3n) is 3.44. The molecule has 1 amide bonds. The van der Waals surface area contributed by atoms with Crippen molar-refractivity contribution >= 4 is 46.9 Å². The predicted molar refractivity (Wildman–Crippen MR) is 107 cm³/mol. The number of nitrogens with zero attached hydrogens (tertiary/aromatic N) is 2. The van der Waals surface area contributed by atoms with Crippen LogP contribution in [0.1, 0.15) is 5.56 Å². The van der Waals surface area contributed by atoms with Crippen LogP contribution >= 0.6 is 34.8 Å². The highest BCUT2D eigenvalue weighted by atomic mass is 35.5. The quantitative estimate of drug-likeness (QED) is 0.450. The number of amides is 1. The summed E-state index contributed by atoms with van der Waals surface area (Å²) in [6, 6.07) is 12.0. The van der Waals surface area contributed by atoms with Gasteiger partial charge in [-0.2, -0.15) is 10.2 Å². The summed E-state index contributed by atoms with van der Waals surface area (Å²) in [5, 5.41) is 12.2. The highest BCUT2D eigenvalue weighted by Gasteiger charge is 2.08. The van der Waals surface area contributed by atoms with Crippen molar-refractivity contribution in [2.45, 2.75) is 0 Å². The normalized spacial score (nSPS) is 10.9. The van der Waals surface area contributed by atoms with Gasteiger partial charge in [0.05, 0.1) is 28.2 Å². The highest BCUT2D eigenvalue weighted by molar-refractivity contribution is 6.42. The number of carbonyl (C=O) groups is 1. The summed E-state index contributed by atoms with van der Waals surface area (Å²) in [6.45, 7) is -0.192. The van der Waals surface area contributed by atoms with E-state index in [4.69, 9.17) is 39.5 Å². The molecule has 0 aliphatic rings. The van der Waals surface area contributed by atoms with Gasteiger partial charge in [-0.1, -0.05) is 46.9 Å². The van der Waals surface area contributed by atoms with Gasteiger partial charge in [-0.15, -0.1) is 0 Å². The number of nitrogens with one attached hydrogen (secondary N) is 2. The number of halogens is 3. The fourth-order valence-electron chi connectivity index (χ4n) is 2.19. The van der Waals surface area contributed by atoms with E-state index in [0.29, 0.717) is 32.1 Å². The second-order valence-electron chi connectivity index (χ2n) is 5.37. The van der Waals surface area contributed by atoms with Crippen LogP contribution in [0, 0.1) is 0 Å². The van der Waals surface area contributed by atoms with E-state index >= 15 is 0 Å². The van der Waals surface area contributed by atoms with Crippen LogP contribution in [-0.2, 0) is 4.79 Å². The molecule has 138 valence electrons. The minimum absolute atomic E-state index is 0.192. The molecule has 0 fully saturated rings. The van der Waals surface area contributed by atoms with Crippen LogP contribution in [0.25, 0.3) is 11.3 Å². The molecule has 0 bridgehead atoms. The fraction of sp³-hybridized carbons (Fsp3) is 0.0556. The maximum atomic E-state index is 11.8. The van der Waals surface area contributed by atoms with Gasteiger partial charge >= 0.3 is 0 Å². The van der Waals surface area contributed by atoms with Crippen molar-refractivity contribution in [3.63, 3.8) is 0 Å². The van der Waals surface area contributed by atoms with E-state index in [0.717, 1.165) is 5.56 Å². The van der Waals surface area contributed by atoms with Gasteiger partial charge in [-0.05, 0) is 30.3 Å². The number of rotatable bonds is 6. The molecule has 0 saturated heterocycles. The fourth-order valence-corrected chi connectivity index (χ4v) is 2.67. The van der Waals surface area contributed by atoms with Gasteiger partial charge in [0.15, 0.2) is 6.61 Å². The number of aromatic nitrogens is 2. The van der Waals surface area contributed by atoms with Crippen LogP contribution in [0.4, 0.5) is 0 Å². The number of hydrogen-bond acceptors (Lipinski definition) is 4. The topological polar surface area (TPSA) is 79.4 Å². The number of hydrogen-bond donors (Lipinski definition) is 2. The molecule has 0 spiro atoms. The third-order valence-corrected chi connectivity index (χ3v) is 4.41. The molecule has 2 aromatic carbocycles. The molecule has 1 heterocycles. The third kappa shape index (κ3) is 5.23. The standard InChI is InChI=1S/C18H13Cl3N4O2/c19-13-2-1-3-14(7-13)27-10-17(26)24-22-8-12-9-23-25-18(12)11-4-5-15(20)16(21)6-11/h1-9H,10H2,(H,23,25)(H,24,26). The van der Waals surface area contributed by atoms with E-state index < -0.39 is 5.91 Å². The number of aromatic amines is 1. The van der Waals surface area contributed by atoms with E-state index in [1.807, 2.05) is 0 Å². The lowest BCUT2D eigenvalue weighted by Crippen LogP contribution is -2.24. The number of carbonyl (C=O) groups excluding carboxylic acids is 1. The largest absolute Gasteiger partial charge is 0.484 e. The lowest BCUT2D eigenvalue weighted by molar-refractivity contribution is -0.123. The molecule has 3 rings (SSSR count). The zero-order chi connectivity index (χ0) is 19.2. The Labute approximate surface area is 170 Å². The summed E-state index contributed by atoms with van der Waals surface area (Å²) < 4.78 is 5.34. The summed E-state index contributed by atoms with van der Waals surface area (Å²) in [4.78, 5) is 11.8. The Balaban J connectivity index is 1.59. The molecule has 0 unspecified atom stereocenters. The van der Waals surface area contributed by atoms with Crippen molar-refractivity contribution in [2.75, 3.05) is 6.61 Å². The van der Waals surface area contributed by atoms with Gasteiger partial charge in [-0.3, -0.25) is 9.89 Å². The second-order valence-corrected chi connectivity index (χ2v) is 6.62. The summed E-state index contributed by atoms with van der Waals surface area (Å²) in [5.41, 5.74) is 4.55. The number of ether oxygens (including phenoxy) is 1. The van der Waals surface area contributed by atoms with Crippen LogP contribution < -0.4 is 10.2 Å². The maximum Gasteiger partial charge on any atom is 0.277 e. The zero-order valence-electron chi connectivity index (χ0n) is 13.7. The molecule has 3 aromatic rings. The molecule has 6 nitrogen and oxygen atoms in total. The van der Waals surface area contributed by atoms with E-state index in [1.54, 1.807) is 48.7 Å². The highest BCUT2D eigenvalue weighted by Crippen LogP contribution is 2.28. The lowest BCUT2D eigenvalue weighted by Gasteiger charge is -2.05. The van der Waals surface area contributed by atoms with E-state index in [1.165, 1.54) is 6.21 Å². The van der Waals surface area contributed by atoms with E-state index in [-0.39, 0.29) is 6.61 Å². The first-order chi connectivity index (χ1) is 13.0. The van der Waals surface area contributed by atoms with Crippen molar-refractivity contribution < 1.29 is 9.53 Å². The summed E-state index contributed by atoms with van der Waals surface area (Å²) >= 11 is 17.8. The Morgan fingerprint density at radius 2 is 2.04 bits per heavy atom. The Hall–Kier alpha value is -2.54. The summed E-state index contributed by atoms with van der Waals surface area (Å²) in [6.07, 6.45) is 3.05. The molecular formula is C18H13Cl3N4O2. The van der Waals surface area contributed by atoms with Crippen molar-refractivity contribution in [1.82, 2.24) is 15.6 Å². The Bertz CT molecular complexity index is 988. The molecule has 9 heteroatoms. The smallest absolute Gasteiger partial charge is 0.277 e. The Morgan fingerprint density at radius 3 is 2.81 bits per heavy atom. The SMILES string of the molecule is O=C(COc1cccc(Cl)c1)NN=Cc1cn[nH]c1-c1ccc(Cl)c(Cl)c1. The van der Waals surface area contributed by atoms with Crippen LogP contribution in [-0.4, -0.2) is 28.9 Å². The van der Waals surface area contributed by atoms with Crippen LogP contribution in [0.2, 0.25) is 15.1 Å². The molecule has 0 saturated carbocycles. The minimum atomic E-state index is -0.411. The van der Waals surface area contributed by atoms with Gasteiger partial charge < -0.3 is 4.74 Å². The first-order valence-corrected chi connectivity index (χ1v) is 8.85. The molecular weight excluding hydrogens is 411 g/mol. The average Bonchev–Trinajstić information content (AvgIpc) is 3.11. The lowest BCUT2D eigenvalue weighted by atomic mass is 10.1. The Kier molecular flexibility index (Phi) is 6.34. The average molecular weight is 424 g/mol. The van der Waals surface area contributed by atoms with Gasteiger partial charge in [0.2, 0.25) is 0 Å². The molecule has 27 heavy (non-hydrogen) atoms. The van der Waals surface area contributed by atoms with Crippen LogP contribution in [0.5, 0.6) is 5.75 Å². The molecule has 0 atom stereocenters. The van der Waals surface area contributed by atoms with Crippen molar-refractivity contribution in [3.8, 4) is 17.0 Å². The molecule has 1 aromatic heterocycles. The van der Waals surface area contributed by atoms with Gasteiger partial charge in [0.1, 0.15) is 5.75 Å². The zero-order valence-corrected chi connectivity index (χ0v) is 16.0. The van der Waals surface area contributed by atoms with Crippen LogP contribution in [0.15, 0.2) is 53.8 Å². The van der Waals surface area contributed by atoms with Gasteiger partial charge in [0.25, 0.3) is 5.91 Å². The summed E-state index contributed by atoms with van der Waals surface area (Å²) in [5.74, 6) is 0.0872. The second kappa shape index (κ2) is 8.90. The number of hydrazone groups is 1. The first-order valence-electron chi connectivity index (χ1n) is 7.72. The van der Waals surface area contributed by atoms with Crippen molar-refractivity contribution in [1.29, 1.82) is 0 Å². The molecule has 2 N–H and O–H groups in total. The monoisotopic (exact) mass is 422 g/mol. The van der Waals surface area contributed by atoms with E-state index in [9.17, 15) is 4.79 Å². The summed E-state index contributed by atoms with van der Waals surface area (Å²) in [7, 11) is 0. The Morgan fingerprint density at radius 1 is 1.19 bits per heavy atom. The first kappa shape index (κ1) is 19.2. The number of H-pyrrole nitrogens is 1. The molecule has 0 aliphatic heterocycles. The number of benzene rings is 2. The van der Waals surface area contributed by atoms with Crippen molar-refractivity contribution in [3.05, 3.63) is 69.3 Å². The molecule has 0 aliphatic carbocycles. The van der Waals surface area contributed by atoms with Gasteiger partial charge in [0, 0.05) is 16.1 Å².